The van der Waals surface area contributed by atoms with E-state index >= 15 is 0 Å². The molecule has 0 fully saturated rings. The first kappa shape index (κ1) is 17.2. The number of rotatable bonds is 7. The van der Waals surface area contributed by atoms with E-state index in [1.807, 2.05) is 24.3 Å². The standard InChI is InChI=1S/C20H22N2O3/c21-12-3-1-2-5-14-8-10-16(11-9-14)25-17-7-4-6-15-13-18(23)22-20(24)19(15)17/h4,6-11H,1-3,5,12-13,21H2,(H,22,23,24). The molecule has 0 radical (unpaired) electrons. The van der Waals surface area contributed by atoms with Crippen molar-refractivity contribution in [2.45, 2.75) is 32.1 Å². The molecule has 1 heterocycles. The molecule has 0 saturated carbocycles. The van der Waals surface area contributed by atoms with E-state index < -0.39 is 5.91 Å². The molecule has 3 rings (SSSR count). The Bertz CT molecular complexity index is 769. The van der Waals surface area contributed by atoms with Gasteiger partial charge >= 0.3 is 0 Å². The van der Waals surface area contributed by atoms with E-state index in [2.05, 4.69) is 5.32 Å². The lowest BCUT2D eigenvalue weighted by Crippen LogP contribution is -2.37. The van der Waals surface area contributed by atoms with Crippen molar-refractivity contribution in [2.24, 2.45) is 5.73 Å². The summed E-state index contributed by atoms with van der Waals surface area (Å²) in [6, 6.07) is 13.2. The van der Waals surface area contributed by atoms with Crippen LogP contribution in [0.25, 0.3) is 0 Å². The van der Waals surface area contributed by atoms with Crippen LogP contribution in [0.4, 0.5) is 0 Å². The number of benzene rings is 2. The fourth-order valence-corrected chi connectivity index (χ4v) is 2.97. The number of imide groups is 1. The number of carbonyl (C=O) groups is 2. The van der Waals surface area contributed by atoms with Gasteiger partial charge in [-0.3, -0.25) is 14.9 Å². The molecule has 0 bridgehead atoms. The lowest BCUT2D eigenvalue weighted by molar-refractivity contribution is -0.119. The van der Waals surface area contributed by atoms with Crippen LogP contribution in [0.15, 0.2) is 42.5 Å². The summed E-state index contributed by atoms with van der Waals surface area (Å²) in [6.07, 6.45) is 4.53. The highest BCUT2D eigenvalue weighted by Gasteiger charge is 2.25. The van der Waals surface area contributed by atoms with Crippen molar-refractivity contribution >= 4 is 11.8 Å². The van der Waals surface area contributed by atoms with Crippen LogP contribution >= 0.6 is 0 Å². The summed E-state index contributed by atoms with van der Waals surface area (Å²) < 4.78 is 5.89. The number of amides is 2. The molecule has 5 heteroatoms. The van der Waals surface area contributed by atoms with Gasteiger partial charge in [-0.2, -0.15) is 0 Å². The van der Waals surface area contributed by atoms with Gasteiger partial charge in [0.2, 0.25) is 5.91 Å². The van der Waals surface area contributed by atoms with Gasteiger partial charge < -0.3 is 10.5 Å². The zero-order chi connectivity index (χ0) is 17.6. The third-order valence-corrected chi connectivity index (χ3v) is 4.26. The van der Waals surface area contributed by atoms with Crippen LogP contribution in [-0.2, 0) is 17.6 Å². The van der Waals surface area contributed by atoms with Gasteiger partial charge in [0.15, 0.2) is 0 Å². The SMILES string of the molecule is NCCCCCc1ccc(Oc2cccc3c2C(=O)NC(=O)C3)cc1. The number of fused-ring (bicyclic) bond motifs is 1. The zero-order valence-electron chi connectivity index (χ0n) is 14.1. The summed E-state index contributed by atoms with van der Waals surface area (Å²) in [5, 5.41) is 2.34. The Hall–Kier alpha value is -2.66. The lowest BCUT2D eigenvalue weighted by atomic mass is 9.99. The molecule has 0 atom stereocenters. The van der Waals surface area contributed by atoms with Crippen LogP contribution in [0.3, 0.4) is 0 Å². The molecule has 0 unspecified atom stereocenters. The Labute approximate surface area is 147 Å². The summed E-state index contributed by atoms with van der Waals surface area (Å²) in [5.41, 5.74) is 7.89. The van der Waals surface area contributed by atoms with E-state index in [9.17, 15) is 9.59 Å². The Morgan fingerprint density at radius 2 is 1.80 bits per heavy atom. The molecule has 0 aromatic heterocycles. The van der Waals surface area contributed by atoms with Gasteiger partial charge in [-0.05, 0) is 55.1 Å². The number of ether oxygens (including phenoxy) is 1. The summed E-state index contributed by atoms with van der Waals surface area (Å²) in [5.74, 6) is 0.453. The fraction of sp³-hybridized carbons (Fsp3) is 0.300. The molecule has 1 aliphatic heterocycles. The fourth-order valence-electron chi connectivity index (χ4n) is 2.97. The molecule has 0 aliphatic carbocycles. The summed E-state index contributed by atoms with van der Waals surface area (Å²) >= 11 is 0. The van der Waals surface area contributed by atoms with Gasteiger partial charge in [-0.15, -0.1) is 0 Å². The predicted octanol–water partition coefficient (Wildman–Crippen LogP) is 2.96. The van der Waals surface area contributed by atoms with Crippen LogP contribution in [0.5, 0.6) is 11.5 Å². The third kappa shape index (κ3) is 4.25. The van der Waals surface area contributed by atoms with Crippen LogP contribution in [0, 0.1) is 0 Å². The van der Waals surface area contributed by atoms with Crippen LogP contribution in [0.1, 0.15) is 40.7 Å². The molecule has 0 saturated heterocycles. The third-order valence-electron chi connectivity index (χ3n) is 4.26. The maximum atomic E-state index is 12.1. The molecular weight excluding hydrogens is 316 g/mol. The quantitative estimate of drug-likeness (QED) is 0.601. The summed E-state index contributed by atoms with van der Waals surface area (Å²) in [6.45, 7) is 0.743. The van der Waals surface area contributed by atoms with Crippen LogP contribution < -0.4 is 15.8 Å². The molecule has 130 valence electrons. The van der Waals surface area contributed by atoms with Crippen molar-refractivity contribution in [3.05, 3.63) is 59.2 Å². The van der Waals surface area contributed by atoms with E-state index in [-0.39, 0.29) is 12.3 Å². The number of nitrogens with one attached hydrogen (secondary N) is 1. The predicted molar refractivity (Wildman–Crippen MR) is 95.7 cm³/mol. The van der Waals surface area contributed by atoms with Crippen molar-refractivity contribution < 1.29 is 14.3 Å². The second kappa shape index (κ2) is 7.94. The average molecular weight is 338 g/mol. The summed E-state index contributed by atoms with van der Waals surface area (Å²) in [7, 11) is 0. The van der Waals surface area contributed by atoms with Crippen molar-refractivity contribution in [3.63, 3.8) is 0 Å². The monoisotopic (exact) mass is 338 g/mol. The number of nitrogens with two attached hydrogens (primary N) is 1. The Balaban J connectivity index is 1.70. The van der Waals surface area contributed by atoms with Crippen molar-refractivity contribution in [1.82, 2.24) is 5.32 Å². The minimum atomic E-state index is -0.404. The van der Waals surface area contributed by atoms with Gasteiger partial charge in [-0.1, -0.05) is 30.7 Å². The normalized spacial score (nSPS) is 13.3. The highest BCUT2D eigenvalue weighted by Crippen LogP contribution is 2.30. The molecule has 1 aliphatic rings. The largest absolute Gasteiger partial charge is 0.457 e. The van der Waals surface area contributed by atoms with Gasteiger partial charge in [-0.25, -0.2) is 0 Å². The maximum Gasteiger partial charge on any atom is 0.261 e. The average Bonchev–Trinajstić information content (AvgIpc) is 2.60. The Morgan fingerprint density at radius 1 is 1.00 bits per heavy atom. The van der Waals surface area contributed by atoms with Crippen molar-refractivity contribution in [1.29, 1.82) is 0 Å². The lowest BCUT2D eigenvalue weighted by Gasteiger charge is -2.18. The number of unbranched alkanes of at least 4 members (excludes halogenated alkanes) is 2. The van der Waals surface area contributed by atoms with Crippen LogP contribution in [-0.4, -0.2) is 18.4 Å². The first-order valence-electron chi connectivity index (χ1n) is 8.60. The van der Waals surface area contributed by atoms with Crippen molar-refractivity contribution in [2.75, 3.05) is 6.54 Å². The summed E-state index contributed by atoms with van der Waals surface area (Å²) in [4.78, 5) is 23.6. The minimum absolute atomic E-state index is 0.194. The van der Waals surface area contributed by atoms with E-state index in [1.165, 1.54) is 5.56 Å². The first-order valence-corrected chi connectivity index (χ1v) is 8.60. The van der Waals surface area contributed by atoms with E-state index in [0.29, 0.717) is 22.6 Å². The second-order valence-corrected chi connectivity index (χ2v) is 6.19. The van der Waals surface area contributed by atoms with Gasteiger partial charge in [0.05, 0.1) is 12.0 Å². The van der Waals surface area contributed by atoms with Gasteiger partial charge in [0.1, 0.15) is 11.5 Å². The Morgan fingerprint density at radius 3 is 2.56 bits per heavy atom. The van der Waals surface area contributed by atoms with Crippen LogP contribution in [0.2, 0.25) is 0 Å². The van der Waals surface area contributed by atoms with Crippen molar-refractivity contribution in [3.8, 4) is 11.5 Å². The molecule has 0 spiro atoms. The number of hydrogen-bond acceptors (Lipinski definition) is 4. The molecule has 3 N–H and O–H groups in total. The molecular formula is C20H22N2O3. The smallest absolute Gasteiger partial charge is 0.261 e. The van der Waals surface area contributed by atoms with E-state index in [4.69, 9.17) is 10.5 Å². The molecule has 2 amide bonds. The molecule has 5 nitrogen and oxygen atoms in total. The first-order chi connectivity index (χ1) is 12.2. The highest BCUT2D eigenvalue weighted by atomic mass is 16.5. The molecule has 2 aromatic carbocycles. The topological polar surface area (TPSA) is 81.4 Å². The Kier molecular flexibility index (Phi) is 5.46. The maximum absolute atomic E-state index is 12.1. The minimum Gasteiger partial charge on any atom is -0.457 e. The van der Waals surface area contributed by atoms with Gasteiger partial charge in [0, 0.05) is 0 Å². The number of hydrogen-bond donors (Lipinski definition) is 2. The van der Waals surface area contributed by atoms with E-state index in [1.54, 1.807) is 18.2 Å². The molecule has 25 heavy (non-hydrogen) atoms. The second-order valence-electron chi connectivity index (χ2n) is 6.19. The van der Waals surface area contributed by atoms with Gasteiger partial charge in [0.25, 0.3) is 5.91 Å². The number of aryl methyl sites for hydroxylation is 1. The number of carbonyl (C=O) groups excluding carboxylic acids is 2. The molecule has 2 aromatic rings. The zero-order valence-corrected chi connectivity index (χ0v) is 14.1. The highest BCUT2D eigenvalue weighted by molar-refractivity contribution is 6.11. The van der Waals surface area contributed by atoms with E-state index in [0.717, 1.165) is 32.2 Å².